The van der Waals surface area contributed by atoms with E-state index in [0.717, 1.165) is 31.5 Å². The Morgan fingerprint density at radius 2 is 2.00 bits per heavy atom. The molecule has 0 aliphatic carbocycles. The highest BCUT2D eigenvalue weighted by Gasteiger charge is 2.41. The maximum absolute atomic E-state index is 12.8. The van der Waals surface area contributed by atoms with Crippen LogP contribution in [0.5, 0.6) is 0 Å². The number of likely N-dealkylation sites (tertiary alicyclic amines) is 1. The van der Waals surface area contributed by atoms with Crippen molar-refractivity contribution in [2.45, 2.75) is 31.9 Å². The van der Waals surface area contributed by atoms with Crippen LogP contribution in [0.15, 0.2) is 24.9 Å². The molecule has 0 aromatic carbocycles. The molecule has 1 amide bonds. The molecule has 3 heterocycles. The predicted octanol–water partition coefficient (Wildman–Crippen LogP) is 2.89. The minimum Gasteiger partial charge on any atom is -0.341 e. The third-order valence-electron chi connectivity index (χ3n) is 5.14. The molecule has 2 aliphatic rings. The van der Waals surface area contributed by atoms with Crippen molar-refractivity contribution < 1.29 is 18.0 Å². The van der Waals surface area contributed by atoms with Gasteiger partial charge in [0.15, 0.2) is 0 Å². The van der Waals surface area contributed by atoms with Crippen molar-refractivity contribution in [1.82, 2.24) is 14.9 Å². The molecule has 0 radical (unpaired) electrons. The van der Waals surface area contributed by atoms with E-state index in [0.29, 0.717) is 32.6 Å². The number of aromatic nitrogens is 2. The van der Waals surface area contributed by atoms with Gasteiger partial charge in [-0.15, -0.1) is 6.58 Å². The lowest BCUT2D eigenvalue weighted by Crippen LogP contribution is -2.51. The Kier molecular flexibility index (Phi) is 4.71. The fraction of sp³-hybridized carbons (Fsp3) is 0.588. The SMILES string of the molecule is C=CCN1CC2(CCC1=O)CCN(c1nccc(C(F)(F)F)n1)CC2. The summed E-state index contributed by atoms with van der Waals surface area (Å²) in [5.41, 5.74) is -0.882. The third kappa shape index (κ3) is 3.77. The largest absolute Gasteiger partial charge is 0.433 e. The molecule has 0 saturated carbocycles. The fourth-order valence-corrected chi connectivity index (χ4v) is 3.67. The molecule has 0 atom stereocenters. The van der Waals surface area contributed by atoms with Crippen molar-refractivity contribution in [2.24, 2.45) is 5.41 Å². The molecule has 1 spiro atoms. The second kappa shape index (κ2) is 6.65. The van der Waals surface area contributed by atoms with Gasteiger partial charge in [0.25, 0.3) is 0 Å². The maximum Gasteiger partial charge on any atom is 0.433 e. The zero-order valence-electron chi connectivity index (χ0n) is 13.9. The van der Waals surface area contributed by atoms with Gasteiger partial charge in [-0.25, -0.2) is 9.97 Å². The predicted molar refractivity (Wildman–Crippen MR) is 86.9 cm³/mol. The summed E-state index contributed by atoms with van der Waals surface area (Å²) in [6.45, 7) is 6.11. The van der Waals surface area contributed by atoms with Gasteiger partial charge in [-0.3, -0.25) is 4.79 Å². The summed E-state index contributed by atoms with van der Waals surface area (Å²) in [5.74, 6) is 0.272. The molecule has 1 aromatic rings. The first-order chi connectivity index (χ1) is 11.8. The molecule has 136 valence electrons. The second-order valence-corrected chi connectivity index (χ2v) is 6.79. The maximum atomic E-state index is 12.8. The normalized spacial score (nSPS) is 20.8. The van der Waals surface area contributed by atoms with E-state index in [-0.39, 0.29) is 17.3 Å². The summed E-state index contributed by atoms with van der Waals surface area (Å²) < 4.78 is 38.5. The van der Waals surface area contributed by atoms with E-state index >= 15 is 0 Å². The van der Waals surface area contributed by atoms with Crippen molar-refractivity contribution in [2.75, 3.05) is 31.1 Å². The van der Waals surface area contributed by atoms with E-state index in [4.69, 9.17) is 0 Å². The van der Waals surface area contributed by atoms with Crippen LogP contribution in [0.4, 0.5) is 19.1 Å². The smallest absolute Gasteiger partial charge is 0.341 e. The van der Waals surface area contributed by atoms with Gasteiger partial charge in [0.05, 0.1) is 0 Å². The topological polar surface area (TPSA) is 49.3 Å². The van der Waals surface area contributed by atoms with E-state index in [1.165, 1.54) is 0 Å². The highest BCUT2D eigenvalue weighted by Crippen LogP contribution is 2.41. The third-order valence-corrected chi connectivity index (χ3v) is 5.14. The Labute approximate surface area is 144 Å². The van der Waals surface area contributed by atoms with Gasteiger partial charge >= 0.3 is 6.18 Å². The van der Waals surface area contributed by atoms with Crippen LogP contribution in [-0.4, -0.2) is 47.0 Å². The van der Waals surface area contributed by atoms with Crippen LogP contribution in [0.1, 0.15) is 31.4 Å². The van der Waals surface area contributed by atoms with E-state index in [1.54, 1.807) is 11.0 Å². The zero-order chi connectivity index (χ0) is 18.1. The van der Waals surface area contributed by atoms with Crippen LogP contribution in [0.2, 0.25) is 0 Å². The molecule has 8 heteroatoms. The number of hydrogen-bond donors (Lipinski definition) is 0. The van der Waals surface area contributed by atoms with Gasteiger partial charge in [-0.05, 0) is 30.7 Å². The Balaban J connectivity index is 1.68. The molecule has 1 aromatic heterocycles. The minimum absolute atomic E-state index is 0.0368. The van der Waals surface area contributed by atoms with E-state index in [9.17, 15) is 18.0 Å². The first-order valence-electron chi connectivity index (χ1n) is 8.37. The number of carbonyl (C=O) groups excluding carboxylic acids is 1. The Hall–Kier alpha value is -2.12. The number of rotatable bonds is 3. The van der Waals surface area contributed by atoms with Gasteiger partial charge in [0.2, 0.25) is 11.9 Å². The monoisotopic (exact) mass is 354 g/mol. The molecule has 2 aliphatic heterocycles. The molecular formula is C17H21F3N4O. The average molecular weight is 354 g/mol. The fourth-order valence-electron chi connectivity index (χ4n) is 3.67. The number of anilines is 1. The van der Waals surface area contributed by atoms with Gasteiger partial charge in [0.1, 0.15) is 5.69 Å². The van der Waals surface area contributed by atoms with E-state index < -0.39 is 11.9 Å². The van der Waals surface area contributed by atoms with Gasteiger partial charge in [-0.2, -0.15) is 13.2 Å². The molecule has 5 nitrogen and oxygen atoms in total. The number of nitrogens with zero attached hydrogens (tertiary/aromatic N) is 4. The number of amides is 1. The van der Waals surface area contributed by atoms with Crippen molar-refractivity contribution in [1.29, 1.82) is 0 Å². The molecule has 0 unspecified atom stereocenters. The molecule has 2 fully saturated rings. The quantitative estimate of drug-likeness (QED) is 0.783. The minimum atomic E-state index is -4.47. The van der Waals surface area contributed by atoms with Crippen LogP contribution in [-0.2, 0) is 11.0 Å². The highest BCUT2D eigenvalue weighted by molar-refractivity contribution is 5.77. The number of alkyl halides is 3. The van der Waals surface area contributed by atoms with Crippen LogP contribution in [0, 0.1) is 5.41 Å². The zero-order valence-corrected chi connectivity index (χ0v) is 13.9. The lowest BCUT2D eigenvalue weighted by molar-refractivity contribution is -0.141. The molecular weight excluding hydrogens is 333 g/mol. The summed E-state index contributed by atoms with van der Waals surface area (Å²) in [4.78, 5) is 23.3. The highest BCUT2D eigenvalue weighted by atomic mass is 19.4. The number of hydrogen-bond acceptors (Lipinski definition) is 4. The molecule has 0 bridgehead atoms. The standard InChI is InChI=1S/C17H21F3N4O/c1-2-9-24-12-16(5-3-14(24)25)6-10-23(11-7-16)15-21-8-4-13(22-15)17(18,19)20/h2,4,8H,1,3,5-7,9-12H2. The average Bonchev–Trinajstić information content (AvgIpc) is 2.59. The van der Waals surface area contributed by atoms with Crippen LogP contribution < -0.4 is 4.90 Å². The summed E-state index contributed by atoms with van der Waals surface area (Å²) in [7, 11) is 0. The number of piperidine rings is 2. The first kappa shape index (κ1) is 17.7. The lowest BCUT2D eigenvalue weighted by Gasteiger charge is -2.47. The summed E-state index contributed by atoms with van der Waals surface area (Å²) in [6, 6.07) is 0.884. The van der Waals surface area contributed by atoms with E-state index in [1.807, 2.05) is 4.90 Å². The molecule has 0 N–H and O–H groups in total. The van der Waals surface area contributed by atoms with Gasteiger partial charge in [-0.1, -0.05) is 6.08 Å². The van der Waals surface area contributed by atoms with Crippen LogP contribution in [0.3, 0.4) is 0 Å². The Morgan fingerprint density at radius 3 is 2.64 bits per heavy atom. The molecule has 2 saturated heterocycles. The summed E-state index contributed by atoms with van der Waals surface area (Å²) in [6.07, 6.45) is 1.39. The summed E-state index contributed by atoms with van der Waals surface area (Å²) >= 11 is 0. The first-order valence-corrected chi connectivity index (χ1v) is 8.37. The van der Waals surface area contributed by atoms with Gasteiger partial charge in [0, 0.05) is 38.8 Å². The lowest BCUT2D eigenvalue weighted by atomic mass is 9.72. The molecule has 25 heavy (non-hydrogen) atoms. The van der Waals surface area contributed by atoms with Crippen molar-refractivity contribution >= 4 is 11.9 Å². The number of halogens is 3. The number of carbonyl (C=O) groups is 1. The van der Waals surface area contributed by atoms with Crippen molar-refractivity contribution in [3.63, 3.8) is 0 Å². The van der Waals surface area contributed by atoms with Crippen LogP contribution >= 0.6 is 0 Å². The van der Waals surface area contributed by atoms with Crippen LogP contribution in [0.25, 0.3) is 0 Å². The van der Waals surface area contributed by atoms with Gasteiger partial charge < -0.3 is 9.80 Å². The summed E-state index contributed by atoms with van der Waals surface area (Å²) in [5, 5.41) is 0. The second-order valence-electron chi connectivity index (χ2n) is 6.79. The van der Waals surface area contributed by atoms with E-state index in [2.05, 4.69) is 16.5 Å². The van der Waals surface area contributed by atoms with Crippen molar-refractivity contribution in [3.05, 3.63) is 30.6 Å². The Morgan fingerprint density at radius 1 is 1.28 bits per heavy atom. The Bertz CT molecular complexity index is 654. The molecule has 3 rings (SSSR count). The van der Waals surface area contributed by atoms with Crippen molar-refractivity contribution in [3.8, 4) is 0 Å².